The van der Waals surface area contributed by atoms with Crippen molar-refractivity contribution in [2.24, 2.45) is 0 Å². The second-order valence-corrected chi connectivity index (χ2v) is 7.53. The summed E-state index contributed by atoms with van der Waals surface area (Å²) in [5.41, 5.74) is 6.23. The predicted octanol–water partition coefficient (Wildman–Crippen LogP) is 1.21. The zero-order valence-electron chi connectivity index (χ0n) is 13.1. The maximum absolute atomic E-state index is 12.4. The molecule has 3 amide bonds. The molecule has 2 aliphatic rings. The number of benzene rings is 1. The molecule has 3 rings (SSSR count). The second-order valence-electron chi connectivity index (χ2n) is 6.02. The third-order valence-electron chi connectivity index (χ3n) is 4.44. The number of hydrazine groups is 1. The van der Waals surface area contributed by atoms with Gasteiger partial charge in [-0.1, -0.05) is 18.2 Å². The lowest BCUT2D eigenvalue weighted by atomic mass is 10.1. The molecule has 1 aromatic carbocycles. The Kier molecular flexibility index (Phi) is 4.06. The summed E-state index contributed by atoms with van der Waals surface area (Å²) in [5.74, 6) is -0.159. The topological polar surface area (TPSA) is 78.5 Å². The van der Waals surface area contributed by atoms with Crippen molar-refractivity contribution < 1.29 is 14.4 Å². The SMILES string of the molecule is Cc1ccccc1C(=O)NNC(=O)C1CSC2(C)CCC(=O)N12. The van der Waals surface area contributed by atoms with E-state index in [2.05, 4.69) is 10.9 Å². The van der Waals surface area contributed by atoms with Gasteiger partial charge in [-0.25, -0.2) is 0 Å². The minimum Gasteiger partial charge on any atom is -0.315 e. The highest BCUT2D eigenvalue weighted by Gasteiger charge is 2.52. The highest BCUT2D eigenvalue weighted by molar-refractivity contribution is 8.01. The van der Waals surface area contributed by atoms with Gasteiger partial charge < -0.3 is 4.90 Å². The molecule has 1 aromatic rings. The number of rotatable bonds is 2. The first-order valence-corrected chi connectivity index (χ1v) is 8.53. The maximum atomic E-state index is 12.4. The molecule has 2 heterocycles. The lowest BCUT2D eigenvalue weighted by Crippen LogP contribution is -2.54. The molecule has 23 heavy (non-hydrogen) atoms. The van der Waals surface area contributed by atoms with E-state index in [4.69, 9.17) is 0 Å². The van der Waals surface area contributed by atoms with Crippen molar-refractivity contribution in [1.82, 2.24) is 15.8 Å². The van der Waals surface area contributed by atoms with Crippen LogP contribution in [0.3, 0.4) is 0 Å². The summed E-state index contributed by atoms with van der Waals surface area (Å²) in [4.78, 5) is 37.9. The number of thioether (sulfide) groups is 1. The normalized spacial score (nSPS) is 26.1. The number of carbonyl (C=O) groups is 3. The monoisotopic (exact) mass is 333 g/mol. The van der Waals surface area contributed by atoms with Crippen LogP contribution in [0.4, 0.5) is 0 Å². The van der Waals surface area contributed by atoms with Crippen LogP contribution in [0.25, 0.3) is 0 Å². The quantitative estimate of drug-likeness (QED) is 0.798. The fourth-order valence-corrected chi connectivity index (χ4v) is 4.54. The van der Waals surface area contributed by atoms with Crippen LogP contribution in [0.5, 0.6) is 0 Å². The third kappa shape index (κ3) is 2.81. The summed E-state index contributed by atoms with van der Waals surface area (Å²) < 4.78 is 0. The largest absolute Gasteiger partial charge is 0.315 e. The van der Waals surface area contributed by atoms with Gasteiger partial charge in [0.25, 0.3) is 11.8 Å². The molecule has 2 atom stereocenters. The van der Waals surface area contributed by atoms with Crippen molar-refractivity contribution >= 4 is 29.5 Å². The van der Waals surface area contributed by atoms with Gasteiger partial charge in [-0.15, -0.1) is 11.8 Å². The molecule has 7 heteroatoms. The second kappa shape index (κ2) is 5.88. The van der Waals surface area contributed by atoms with Crippen LogP contribution >= 0.6 is 11.8 Å². The van der Waals surface area contributed by atoms with Gasteiger partial charge in [0.2, 0.25) is 5.91 Å². The first-order valence-electron chi connectivity index (χ1n) is 7.54. The van der Waals surface area contributed by atoms with E-state index in [0.717, 1.165) is 12.0 Å². The number of amides is 3. The molecular formula is C16H19N3O3S. The summed E-state index contributed by atoms with van der Waals surface area (Å²) in [6, 6.07) is 6.62. The summed E-state index contributed by atoms with van der Waals surface area (Å²) >= 11 is 1.62. The highest BCUT2D eigenvalue weighted by atomic mass is 32.2. The summed E-state index contributed by atoms with van der Waals surface area (Å²) in [6.07, 6.45) is 1.23. The van der Waals surface area contributed by atoms with Crippen molar-refractivity contribution in [2.45, 2.75) is 37.6 Å². The van der Waals surface area contributed by atoms with Gasteiger partial charge in [0.05, 0.1) is 4.87 Å². The van der Waals surface area contributed by atoms with Gasteiger partial charge in [-0.05, 0) is 31.9 Å². The fourth-order valence-electron chi connectivity index (χ4n) is 3.11. The lowest BCUT2D eigenvalue weighted by molar-refractivity contribution is -0.138. The molecule has 6 nitrogen and oxygen atoms in total. The molecule has 0 saturated carbocycles. The van der Waals surface area contributed by atoms with Crippen LogP contribution in [-0.4, -0.2) is 39.3 Å². The van der Waals surface area contributed by atoms with Crippen molar-refractivity contribution in [3.05, 3.63) is 35.4 Å². The van der Waals surface area contributed by atoms with E-state index < -0.39 is 6.04 Å². The number of carbonyl (C=O) groups excluding carboxylic acids is 3. The van der Waals surface area contributed by atoms with Crippen LogP contribution in [0, 0.1) is 6.92 Å². The molecule has 2 fully saturated rings. The van der Waals surface area contributed by atoms with Gasteiger partial charge in [-0.2, -0.15) is 0 Å². The maximum Gasteiger partial charge on any atom is 0.269 e. The molecule has 2 saturated heterocycles. The van der Waals surface area contributed by atoms with Gasteiger partial charge in [-0.3, -0.25) is 25.2 Å². The Hall–Kier alpha value is -2.02. The third-order valence-corrected chi connectivity index (χ3v) is 5.94. The van der Waals surface area contributed by atoms with E-state index >= 15 is 0 Å². The molecule has 0 aliphatic carbocycles. The van der Waals surface area contributed by atoms with Crippen LogP contribution in [0.2, 0.25) is 0 Å². The average Bonchev–Trinajstić information content (AvgIpc) is 3.02. The molecule has 2 unspecified atom stereocenters. The molecule has 0 aromatic heterocycles. The van der Waals surface area contributed by atoms with Gasteiger partial charge >= 0.3 is 0 Å². The Labute approximate surface area is 139 Å². The van der Waals surface area contributed by atoms with Gasteiger partial charge in [0.15, 0.2) is 0 Å². The number of aryl methyl sites for hydroxylation is 1. The molecule has 0 bridgehead atoms. The van der Waals surface area contributed by atoms with E-state index in [1.807, 2.05) is 26.0 Å². The smallest absolute Gasteiger partial charge is 0.269 e. The van der Waals surface area contributed by atoms with E-state index in [0.29, 0.717) is 17.7 Å². The van der Waals surface area contributed by atoms with E-state index in [1.54, 1.807) is 28.8 Å². The lowest BCUT2D eigenvalue weighted by Gasteiger charge is -2.29. The number of nitrogens with zero attached hydrogens (tertiary/aromatic N) is 1. The van der Waals surface area contributed by atoms with Crippen molar-refractivity contribution in [1.29, 1.82) is 0 Å². The molecule has 0 spiro atoms. The number of hydrogen-bond acceptors (Lipinski definition) is 4. The van der Waals surface area contributed by atoms with E-state index in [1.165, 1.54) is 0 Å². The summed E-state index contributed by atoms with van der Waals surface area (Å²) in [6.45, 7) is 3.82. The van der Waals surface area contributed by atoms with Crippen LogP contribution < -0.4 is 10.9 Å². The standard InChI is InChI=1S/C16H19N3O3S/c1-10-5-3-4-6-11(10)14(21)17-18-15(22)12-9-23-16(2)8-7-13(20)19(12)16/h3-6,12H,7-9H2,1-2H3,(H,17,21)(H,18,22). The number of nitrogens with one attached hydrogen (secondary N) is 2. The minimum atomic E-state index is -0.530. The Morgan fingerprint density at radius 3 is 2.78 bits per heavy atom. The number of fused-ring (bicyclic) bond motifs is 1. The molecule has 0 radical (unpaired) electrons. The summed E-state index contributed by atoms with van der Waals surface area (Å²) in [5, 5.41) is 0. The Morgan fingerprint density at radius 1 is 1.30 bits per heavy atom. The number of hydrogen-bond donors (Lipinski definition) is 2. The first kappa shape index (κ1) is 15.9. The van der Waals surface area contributed by atoms with Crippen molar-refractivity contribution in [3.63, 3.8) is 0 Å². The Balaban J connectivity index is 1.63. The van der Waals surface area contributed by atoms with Crippen LogP contribution in [0.15, 0.2) is 24.3 Å². The average molecular weight is 333 g/mol. The zero-order chi connectivity index (χ0) is 16.6. The molecule has 122 valence electrons. The van der Waals surface area contributed by atoms with Gasteiger partial charge in [0.1, 0.15) is 6.04 Å². The van der Waals surface area contributed by atoms with E-state index in [9.17, 15) is 14.4 Å². The van der Waals surface area contributed by atoms with Gasteiger partial charge in [0, 0.05) is 17.7 Å². The molecule has 2 aliphatic heterocycles. The van der Waals surface area contributed by atoms with Crippen LogP contribution in [-0.2, 0) is 9.59 Å². The van der Waals surface area contributed by atoms with Crippen molar-refractivity contribution in [2.75, 3.05) is 5.75 Å². The van der Waals surface area contributed by atoms with Crippen molar-refractivity contribution in [3.8, 4) is 0 Å². The Bertz CT molecular complexity index is 678. The molecule has 2 N–H and O–H groups in total. The Morgan fingerprint density at radius 2 is 2.04 bits per heavy atom. The minimum absolute atomic E-state index is 0.00267. The predicted molar refractivity (Wildman–Crippen MR) is 87.5 cm³/mol. The highest BCUT2D eigenvalue weighted by Crippen LogP contribution is 2.47. The summed E-state index contributed by atoms with van der Waals surface area (Å²) in [7, 11) is 0. The fraction of sp³-hybridized carbons (Fsp3) is 0.438. The van der Waals surface area contributed by atoms with E-state index in [-0.39, 0.29) is 22.6 Å². The first-order chi connectivity index (χ1) is 10.9. The molecular weight excluding hydrogens is 314 g/mol. The zero-order valence-corrected chi connectivity index (χ0v) is 13.9. The van der Waals surface area contributed by atoms with Crippen LogP contribution in [0.1, 0.15) is 35.7 Å².